The number of aromatic nitrogens is 5. The highest BCUT2D eigenvalue weighted by Gasteiger charge is 2.16. The van der Waals surface area contributed by atoms with Gasteiger partial charge >= 0.3 is 0 Å². The van der Waals surface area contributed by atoms with Crippen LogP contribution in [0.15, 0.2) is 51.8 Å². The molecule has 0 bridgehead atoms. The molecule has 0 spiro atoms. The Bertz CT molecular complexity index is 1130. The van der Waals surface area contributed by atoms with E-state index < -0.39 is 6.10 Å². The van der Waals surface area contributed by atoms with Gasteiger partial charge in [0, 0.05) is 22.5 Å². The minimum Gasteiger partial charge on any atom is -0.481 e. The molecule has 1 aromatic carbocycles. The van der Waals surface area contributed by atoms with Crippen molar-refractivity contribution in [2.45, 2.75) is 19.6 Å². The number of ether oxygens (including phenoxy) is 1. The molecule has 154 valence electrons. The summed E-state index contributed by atoms with van der Waals surface area (Å²) in [6, 6.07) is 8.81. The first-order valence-electron chi connectivity index (χ1n) is 9.05. The molecule has 0 fully saturated rings. The van der Waals surface area contributed by atoms with E-state index in [0.29, 0.717) is 35.4 Å². The Hall–Kier alpha value is -3.24. The van der Waals surface area contributed by atoms with Gasteiger partial charge in [-0.25, -0.2) is 4.68 Å². The van der Waals surface area contributed by atoms with Crippen LogP contribution in [0.2, 0.25) is 5.02 Å². The van der Waals surface area contributed by atoms with E-state index in [2.05, 4.69) is 25.8 Å². The van der Waals surface area contributed by atoms with Crippen molar-refractivity contribution in [3.05, 3.63) is 52.3 Å². The summed E-state index contributed by atoms with van der Waals surface area (Å²) < 4.78 is 12.4. The van der Waals surface area contributed by atoms with Gasteiger partial charge in [-0.2, -0.15) is 16.3 Å². The lowest BCUT2D eigenvalue weighted by atomic mass is 10.3. The van der Waals surface area contributed by atoms with Crippen LogP contribution < -0.4 is 10.1 Å². The molecule has 0 aliphatic rings. The molecular formula is C19H17ClN6O3S. The van der Waals surface area contributed by atoms with Crippen LogP contribution in [0.25, 0.3) is 23.0 Å². The molecule has 4 aromatic rings. The van der Waals surface area contributed by atoms with Gasteiger partial charge in [0.15, 0.2) is 11.8 Å². The molecule has 0 radical (unpaired) electrons. The molecule has 9 nitrogen and oxygen atoms in total. The molecule has 0 aliphatic carbocycles. The lowest BCUT2D eigenvalue weighted by Gasteiger charge is -2.14. The van der Waals surface area contributed by atoms with E-state index in [4.69, 9.17) is 20.9 Å². The van der Waals surface area contributed by atoms with Gasteiger partial charge in [0.2, 0.25) is 5.82 Å². The van der Waals surface area contributed by atoms with Crippen molar-refractivity contribution < 1.29 is 14.1 Å². The zero-order chi connectivity index (χ0) is 20.9. The third-order valence-corrected chi connectivity index (χ3v) is 5.00. The number of halogens is 1. The maximum Gasteiger partial charge on any atom is 0.280 e. The number of carbonyl (C=O) groups is 1. The molecule has 1 N–H and O–H groups in total. The number of hydrogen-bond acceptors (Lipinski definition) is 8. The van der Waals surface area contributed by atoms with Crippen LogP contribution in [-0.2, 0) is 11.3 Å². The zero-order valence-electron chi connectivity index (χ0n) is 15.9. The summed E-state index contributed by atoms with van der Waals surface area (Å²) in [5.74, 6) is 1.08. The highest BCUT2D eigenvalue weighted by Crippen LogP contribution is 2.22. The first-order valence-corrected chi connectivity index (χ1v) is 10.4. The van der Waals surface area contributed by atoms with E-state index >= 15 is 0 Å². The van der Waals surface area contributed by atoms with Gasteiger partial charge in [0.25, 0.3) is 11.8 Å². The minimum atomic E-state index is -0.663. The predicted molar refractivity (Wildman–Crippen MR) is 111 cm³/mol. The number of rotatable bonds is 8. The molecule has 0 saturated carbocycles. The Kier molecular flexibility index (Phi) is 6.05. The van der Waals surface area contributed by atoms with Crippen molar-refractivity contribution in [2.24, 2.45) is 0 Å². The fraction of sp³-hybridized carbons (Fsp3) is 0.211. The van der Waals surface area contributed by atoms with Crippen molar-refractivity contribution in [2.75, 3.05) is 6.54 Å². The second-order valence-corrected chi connectivity index (χ2v) is 7.53. The van der Waals surface area contributed by atoms with E-state index in [-0.39, 0.29) is 11.8 Å². The van der Waals surface area contributed by atoms with E-state index in [1.165, 1.54) is 0 Å². The molecule has 3 aromatic heterocycles. The Balaban J connectivity index is 1.28. The average molecular weight is 445 g/mol. The maximum atomic E-state index is 12.2. The third-order valence-electron chi connectivity index (χ3n) is 4.08. The Morgan fingerprint density at radius 3 is 3.10 bits per heavy atom. The highest BCUT2D eigenvalue weighted by molar-refractivity contribution is 7.08. The van der Waals surface area contributed by atoms with E-state index in [1.54, 1.807) is 53.4 Å². The average Bonchev–Trinajstić information content (AvgIpc) is 3.48. The van der Waals surface area contributed by atoms with Gasteiger partial charge in [-0.3, -0.25) is 4.79 Å². The number of thiophene rings is 1. The van der Waals surface area contributed by atoms with Crippen LogP contribution >= 0.6 is 22.9 Å². The number of carbonyl (C=O) groups excluding carboxylic acids is 1. The molecular weight excluding hydrogens is 428 g/mol. The van der Waals surface area contributed by atoms with Gasteiger partial charge in [-0.15, -0.1) is 5.10 Å². The molecule has 0 aliphatic heterocycles. The number of nitrogens with one attached hydrogen (secondary N) is 1. The second-order valence-electron chi connectivity index (χ2n) is 6.31. The molecule has 30 heavy (non-hydrogen) atoms. The highest BCUT2D eigenvalue weighted by atomic mass is 35.5. The quantitative estimate of drug-likeness (QED) is 0.444. The van der Waals surface area contributed by atoms with Crippen molar-refractivity contribution in [3.63, 3.8) is 0 Å². The Morgan fingerprint density at radius 1 is 1.40 bits per heavy atom. The molecule has 0 saturated heterocycles. The summed E-state index contributed by atoms with van der Waals surface area (Å²) >= 11 is 7.48. The number of nitrogens with zero attached hydrogens (tertiary/aromatic N) is 5. The zero-order valence-corrected chi connectivity index (χ0v) is 17.4. The van der Waals surface area contributed by atoms with Gasteiger partial charge in [-0.1, -0.05) is 28.0 Å². The van der Waals surface area contributed by atoms with Crippen molar-refractivity contribution >= 4 is 28.8 Å². The number of hydrogen-bond donors (Lipinski definition) is 1. The van der Waals surface area contributed by atoms with E-state index in [9.17, 15) is 4.79 Å². The first kappa shape index (κ1) is 20.0. The molecule has 4 rings (SSSR count). The van der Waals surface area contributed by atoms with Gasteiger partial charge in [0.1, 0.15) is 5.75 Å². The van der Waals surface area contributed by atoms with E-state index in [0.717, 1.165) is 5.56 Å². The summed E-state index contributed by atoms with van der Waals surface area (Å²) in [4.78, 5) is 16.5. The summed E-state index contributed by atoms with van der Waals surface area (Å²) in [6.07, 6.45) is 1.02. The topological polar surface area (TPSA) is 108 Å². The smallest absolute Gasteiger partial charge is 0.280 e. The van der Waals surface area contributed by atoms with Crippen LogP contribution in [-0.4, -0.2) is 43.7 Å². The first-order chi connectivity index (χ1) is 14.6. The third kappa shape index (κ3) is 4.84. The number of amides is 1. The standard InChI is InChI=1S/C19H17ClN6O3S/c1-12(28-15-4-2-3-14(20)9-15)18(27)21-6-7-26-10-16(23-25-26)19-22-17(24-29-19)13-5-8-30-11-13/h2-5,8-12H,6-7H2,1H3,(H,21,27). The second kappa shape index (κ2) is 9.06. The van der Waals surface area contributed by atoms with E-state index in [1.807, 2.05) is 16.8 Å². The van der Waals surface area contributed by atoms with Gasteiger partial charge in [-0.05, 0) is 36.6 Å². The van der Waals surface area contributed by atoms with Gasteiger partial charge < -0.3 is 14.6 Å². The van der Waals surface area contributed by atoms with Crippen LogP contribution in [0, 0.1) is 0 Å². The summed E-state index contributed by atoms with van der Waals surface area (Å²) in [5.41, 5.74) is 1.35. The molecule has 1 unspecified atom stereocenters. The normalized spacial score (nSPS) is 11.9. The molecule has 11 heteroatoms. The van der Waals surface area contributed by atoms with Crippen molar-refractivity contribution in [1.29, 1.82) is 0 Å². The monoisotopic (exact) mass is 444 g/mol. The maximum absolute atomic E-state index is 12.2. The van der Waals surface area contributed by atoms with Crippen LogP contribution in [0.3, 0.4) is 0 Å². The van der Waals surface area contributed by atoms with Crippen molar-refractivity contribution in [1.82, 2.24) is 30.5 Å². The number of benzene rings is 1. The molecule has 3 heterocycles. The molecule has 1 atom stereocenters. The van der Waals surface area contributed by atoms with Crippen LogP contribution in [0.5, 0.6) is 5.75 Å². The van der Waals surface area contributed by atoms with Gasteiger partial charge in [0.05, 0.1) is 12.7 Å². The Morgan fingerprint density at radius 2 is 2.30 bits per heavy atom. The van der Waals surface area contributed by atoms with Crippen LogP contribution in [0.1, 0.15) is 6.92 Å². The molecule has 1 amide bonds. The summed E-state index contributed by atoms with van der Waals surface area (Å²) in [7, 11) is 0. The summed E-state index contributed by atoms with van der Waals surface area (Å²) in [5, 5.41) is 19.3. The summed E-state index contributed by atoms with van der Waals surface area (Å²) in [6.45, 7) is 2.45. The Labute approximate surface area is 180 Å². The lowest BCUT2D eigenvalue weighted by Crippen LogP contribution is -2.38. The minimum absolute atomic E-state index is 0.243. The lowest BCUT2D eigenvalue weighted by molar-refractivity contribution is -0.127. The SMILES string of the molecule is CC(Oc1cccc(Cl)c1)C(=O)NCCn1cc(-c2nc(-c3ccsc3)no2)nn1. The van der Waals surface area contributed by atoms with Crippen molar-refractivity contribution in [3.8, 4) is 28.7 Å². The van der Waals surface area contributed by atoms with Crippen LogP contribution in [0.4, 0.5) is 0 Å². The fourth-order valence-corrected chi connectivity index (χ4v) is 3.39. The fourth-order valence-electron chi connectivity index (χ4n) is 2.58. The largest absolute Gasteiger partial charge is 0.481 e. The predicted octanol–water partition coefficient (Wildman–Crippen LogP) is 3.29.